The molecule has 1 saturated carbocycles. The molecule has 2 heterocycles. The lowest BCUT2D eigenvalue weighted by Crippen LogP contribution is -2.47. The van der Waals surface area contributed by atoms with E-state index in [-0.39, 0.29) is 0 Å². The molecule has 1 aromatic carbocycles. The Hall–Kier alpha value is -1.59. The first-order valence-electron chi connectivity index (χ1n) is 7.62. The Bertz CT molecular complexity index is 612. The summed E-state index contributed by atoms with van der Waals surface area (Å²) < 4.78 is 4.40. The zero-order valence-corrected chi connectivity index (χ0v) is 12.9. The first kappa shape index (κ1) is 13.1. The van der Waals surface area contributed by atoms with Crippen molar-refractivity contribution in [2.45, 2.75) is 18.9 Å². The number of hydrogen-bond acceptors (Lipinski definition) is 5. The molecule has 1 saturated heterocycles. The molecule has 2 fully saturated rings. The maximum Gasteiger partial charge on any atom is 0.147 e. The van der Waals surface area contributed by atoms with Gasteiger partial charge in [-0.15, -0.1) is 0 Å². The smallest absolute Gasteiger partial charge is 0.147 e. The molecule has 0 spiro atoms. The molecule has 21 heavy (non-hydrogen) atoms. The molecule has 1 aromatic heterocycles. The lowest BCUT2D eigenvalue weighted by Gasteiger charge is -2.35. The van der Waals surface area contributed by atoms with Gasteiger partial charge in [0.2, 0.25) is 0 Å². The van der Waals surface area contributed by atoms with Gasteiger partial charge in [-0.05, 0) is 29.9 Å². The fourth-order valence-electron chi connectivity index (χ4n) is 3.12. The minimum Gasteiger partial charge on any atom is -0.382 e. The van der Waals surface area contributed by atoms with Crippen molar-refractivity contribution in [2.75, 3.05) is 36.8 Å². The molecule has 0 bridgehead atoms. The van der Waals surface area contributed by atoms with Gasteiger partial charge >= 0.3 is 0 Å². The normalized spacial score (nSPS) is 19.9. The zero-order valence-electron chi connectivity index (χ0n) is 12.0. The highest BCUT2D eigenvalue weighted by Crippen LogP contribution is 2.40. The summed E-state index contributed by atoms with van der Waals surface area (Å²) in [5.74, 6) is 0.658. The lowest BCUT2D eigenvalue weighted by molar-refractivity contribution is 0.248. The van der Waals surface area contributed by atoms with Gasteiger partial charge in [-0.2, -0.15) is 4.37 Å². The number of piperazine rings is 1. The Morgan fingerprint density at radius 1 is 1.05 bits per heavy atom. The number of hydrogen-bond donors (Lipinski definition) is 1. The largest absolute Gasteiger partial charge is 0.382 e. The monoisotopic (exact) mass is 300 g/mol. The second-order valence-electron chi connectivity index (χ2n) is 5.87. The Morgan fingerprint density at radius 3 is 2.43 bits per heavy atom. The molecule has 0 atom stereocenters. The van der Waals surface area contributed by atoms with E-state index in [1.165, 1.54) is 34.9 Å². The lowest BCUT2D eigenvalue weighted by atomic mass is 10.1. The standard InChI is InChI=1S/C16H20N4S/c17-15-14(12-4-2-1-3-5-12)16(21-18-15)20-10-8-19(9-11-20)13-6-7-13/h1-5,13H,6-11H2,(H2,17,18). The molecule has 1 aliphatic carbocycles. The summed E-state index contributed by atoms with van der Waals surface area (Å²) in [6, 6.07) is 11.2. The summed E-state index contributed by atoms with van der Waals surface area (Å²) in [7, 11) is 0. The second-order valence-corrected chi connectivity index (χ2v) is 6.62. The number of nitrogens with two attached hydrogens (primary N) is 1. The van der Waals surface area contributed by atoms with Crippen LogP contribution in [0, 0.1) is 0 Å². The third kappa shape index (κ3) is 2.51. The highest BCUT2D eigenvalue weighted by atomic mass is 32.1. The summed E-state index contributed by atoms with van der Waals surface area (Å²) in [6.07, 6.45) is 2.78. The number of aromatic nitrogens is 1. The van der Waals surface area contributed by atoms with Crippen LogP contribution in [0.25, 0.3) is 11.1 Å². The highest BCUT2D eigenvalue weighted by Gasteiger charge is 2.32. The van der Waals surface area contributed by atoms with Crippen molar-refractivity contribution in [2.24, 2.45) is 0 Å². The minimum absolute atomic E-state index is 0.658. The molecule has 2 aromatic rings. The van der Waals surface area contributed by atoms with Crippen LogP contribution in [0.3, 0.4) is 0 Å². The summed E-state index contributed by atoms with van der Waals surface area (Å²) in [6.45, 7) is 4.49. The van der Waals surface area contributed by atoms with Gasteiger partial charge < -0.3 is 10.6 Å². The molecule has 2 aliphatic rings. The third-order valence-electron chi connectivity index (χ3n) is 4.43. The van der Waals surface area contributed by atoms with Crippen LogP contribution < -0.4 is 10.6 Å². The van der Waals surface area contributed by atoms with Gasteiger partial charge in [0.05, 0.1) is 5.56 Å². The van der Waals surface area contributed by atoms with E-state index in [0.717, 1.165) is 37.8 Å². The van der Waals surface area contributed by atoms with Gasteiger partial charge in [0.25, 0.3) is 0 Å². The SMILES string of the molecule is Nc1nsc(N2CCN(C3CC3)CC2)c1-c1ccccc1. The number of nitrogens with zero attached hydrogens (tertiary/aromatic N) is 3. The van der Waals surface area contributed by atoms with Crippen molar-refractivity contribution in [3.63, 3.8) is 0 Å². The molecule has 0 amide bonds. The second kappa shape index (κ2) is 5.31. The predicted molar refractivity (Wildman–Crippen MR) is 88.8 cm³/mol. The van der Waals surface area contributed by atoms with Gasteiger partial charge in [0, 0.05) is 32.2 Å². The van der Waals surface area contributed by atoms with Gasteiger partial charge in [-0.1, -0.05) is 30.3 Å². The average Bonchev–Trinajstić information content (AvgIpc) is 3.31. The Labute approximate surface area is 129 Å². The van der Waals surface area contributed by atoms with E-state index in [2.05, 4.69) is 38.4 Å². The van der Waals surface area contributed by atoms with E-state index in [1.807, 2.05) is 6.07 Å². The molecule has 0 unspecified atom stereocenters. The minimum atomic E-state index is 0.658. The number of nitrogen functional groups attached to an aromatic ring is 1. The maximum absolute atomic E-state index is 6.13. The molecule has 5 heteroatoms. The van der Waals surface area contributed by atoms with Crippen LogP contribution in [0.5, 0.6) is 0 Å². The molecule has 110 valence electrons. The van der Waals surface area contributed by atoms with E-state index in [1.54, 1.807) is 0 Å². The fourth-order valence-corrected chi connectivity index (χ4v) is 4.00. The van der Waals surface area contributed by atoms with Crippen molar-refractivity contribution >= 4 is 22.4 Å². The molecule has 0 radical (unpaired) electrons. The van der Waals surface area contributed by atoms with E-state index >= 15 is 0 Å². The molecule has 2 N–H and O–H groups in total. The van der Waals surface area contributed by atoms with Crippen molar-refractivity contribution in [1.29, 1.82) is 0 Å². The van der Waals surface area contributed by atoms with E-state index < -0.39 is 0 Å². The summed E-state index contributed by atoms with van der Waals surface area (Å²) >= 11 is 1.54. The average molecular weight is 300 g/mol. The van der Waals surface area contributed by atoms with Crippen LogP contribution in [0.2, 0.25) is 0 Å². The predicted octanol–water partition coefficient (Wildman–Crippen LogP) is 2.68. The van der Waals surface area contributed by atoms with Crippen molar-refractivity contribution in [3.05, 3.63) is 30.3 Å². The number of anilines is 2. The first-order chi connectivity index (χ1) is 10.3. The van der Waals surface area contributed by atoms with Gasteiger partial charge in [0.15, 0.2) is 0 Å². The Balaban J connectivity index is 1.58. The van der Waals surface area contributed by atoms with Crippen LogP contribution in [0.15, 0.2) is 30.3 Å². The maximum atomic E-state index is 6.13. The van der Waals surface area contributed by atoms with Gasteiger partial charge in [-0.3, -0.25) is 4.90 Å². The first-order valence-corrected chi connectivity index (χ1v) is 8.40. The summed E-state index contributed by atoms with van der Waals surface area (Å²) in [5.41, 5.74) is 8.41. The van der Waals surface area contributed by atoms with Crippen LogP contribution in [0.4, 0.5) is 10.8 Å². The van der Waals surface area contributed by atoms with Crippen molar-refractivity contribution in [1.82, 2.24) is 9.27 Å². The molecule has 4 nitrogen and oxygen atoms in total. The van der Waals surface area contributed by atoms with Gasteiger partial charge in [0.1, 0.15) is 10.8 Å². The quantitative estimate of drug-likeness (QED) is 0.946. The van der Waals surface area contributed by atoms with Crippen LogP contribution in [0.1, 0.15) is 12.8 Å². The van der Waals surface area contributed by atoms with E-state index in [4.69, 9.17) is 5.73 Å². The molecular formula is C16H20N4S. The highest BCUT2D eigenvalue weighted by molar-refractivity contribution is 7.11. The Morgan fingerprint density at radius 2 is 1.76 bits per heavy atom. The number of benzene rings is 1. The fraction of sp³-hybridized carbons (Fsp3) is 0.438. The van der Waals surface area contributed by atoms with E-state index in [0.29, 0.717) is 5.82 Å². The topological polar surface area (TPSA) is 45.4 Å². The van der Waals surface area contributed by atoms with Crippen LogP contribution in [-0.2, 0) is 0 Å². The number of rotatable bonds is 3. The van der Waals surface area contributed by atoms with Crippen molar-refractivity contribution in [3.8, 4) is 11.1 Å². The van der Waals surface area contributed by atoms with Crippen LogP contribution >= 0.6 is 11.5 Å². The zero-order chi connectivity index (χ0) is 14.2. The summed E-state index contributed by atoms with van der Waals surface area (Å²) in [5, 5.41) is 1.23. The van der Waals surface area contributed by atoms with Crippen LogP contribution in [-0.4, -0.2) is 41.5 Å². The molecular weight excluding hydrogens is 280 g/mol. The summed E-state index contributed by atoms with van der Waals surface area (Å²) in [4.78, 5) is 5.08. The molecule has 1 aliphatic heterocycles. The third-order valence-corrected chi connectivity index (χ3v) is 5.35. The van der Waals surface area contributed by atoms with Crippen molar-refractivity contribution < 1.29 is 0 Å². The Kier molecular flexibility index (Phi) is 3.31. The van der Waals surface area contributed by atoms with Gasteiger partial charge in [-0.25, -0.2) is 0 Å². The van der Waals surface area contributed by atoms with E-state index in [9.17, 15) is 0 Å². The molecule has 4 rings (SSSR count).